The molecule has 1 saturated heterocycles. The number of hydrogen-bond acceptors (Lipinski definition) is 3. The number of carbonyl (C=O) groups excluding carboxylic acids is 1. The van der Waals surface area contributed by atoms with Crippen molar-refractivity contribution in [1.82, 2.24) is 10.1 Å². The highest BCUT2D eigenvalue weighted by molar-refractivity contribution is 5.80. The van der Waals surface area contributed by atoms with Gasteiger partial charge in [0.1, 0.15) is 5.76 Å². The van der Waals surface area contributed by atoms with E-state index in [9.17, 15) is 4.79 Å². The van der Waals surface area contributed by atoms with Gasteiger partial charge in [0.15, 0.2) is 0 Å². The Kier molecular flexibility index (Phi) is 2.06. The lowest BCUT2D eigenvalue weighted by Gasteiger charge is -2.41. The molecule has 0 spiro atoms. The summed E-state index contributed by atoms with van der Waals surface area (Å²) in [5, 5.41) is 3.86. The number of carbonyl (C=O) groups is 1. The first-order valence-electron chi connectivity index (χ1n) is 5.87. The fraction of sp³-hybridized carbons (Fsp3) is 0.667. The van der Waals surface area contributed by atoms with Crippen LogP contribution in [0.5, 0.6) is 0 Å². The Morgan fingerprint density at radius 3 is 3.19 bits per heavy atom. The topological polar surface area (TPSA) is 46.3 Å². The Balaban J connectivity index is 1.99. The summed E-state index contributed by atoms with van der Waals surface area (Å²) < 4.78 is 5.30. The van der Waals surface area contributed by atoms with Crippen LogP contribution in [0.2, 0.25) is 0 Å². The van der Waals surface area contributed by atoms with E-state index in [4.69, 9.17) is 4.52 Å². The SMILES string of the molecule is CC1c2oncc2CC2C(=O)N(C)CCC21. The molecule has 0 N–H and O–H groups in total. The third-order valence-corrected chi connectivity index (χ3v) is 4.18. The third-order valence-electron chi connectivity index (χ3n) is 4.18. The van der Waals surface area contributed by atoms with Crippen LogP contribution >= 0.6 is 0 Å². The largest absolute Gasteiger partial charge is 0.361 e. The molecular formula is C12H16N2O2. The minimum Gasteiger partial charge on any atom is -0.361 e. The number of rotatable bonds is 0. The van der Waals surface area contributed by atoms with E-state index in [1.54, 1.807) is 6.20 Å². The van der Waals surface area contributed by atoms with Crippen LogP contribution in [0.3, 0.4) is 0 Å². The summed E-state index contributed by atoms with van der Waals surface area (Å²) in [6, 6.07) is 0. The third kappa shape index (κ3) is 1.22. The summed E-state index contributed by atoms with van der Waals surface area (Å²) in [6.45, 7) is 3.02. The van der Waals surface area contributed by atoms with Gasteiger partial charge in [0.2, 0.25) is 5.91 Å². The summed E-state index contributed by atoms with van der Waals surface area (Å²) in [5.74, 6) is 2.19. The Labute approximate surface area is 94.6 Å². The second-order valence-electron chi connectivity index (χ2n) is 5.03. The van der Waals surface area contributed by atoms with Crippen LogP contribution in [0.15, 0.2) is 10.7 Å². The molecule has 1 amide bonds. The normalized spacial score (nSPS) is 33.5. The van der Waals surface area contributed by atoms with Gasteiger partial charge >= 0.3 is 0 Å². The summed E-state index contributed by atoms with van der Waals surface area (Å²) in [5.41, 5.74) is 1.12. The van der Waals surface area contributed by atoms with Gasteiger partial charge in [-0.15, -0.1) is 0 Å². The molecule has 0 aromatic carbocycles. The fourth-order valence-electron chi connectivity index (χ4n) is 3.19. The van der Waals surface area contributed by atoms with Crippen molar-refractivity contribution in [1.29, 1.82) is 0 Å². The van der Waals surface area contributed by atoms with Crippen molar-refractivity contribution < 1.29 is 9.32 Å². The number of likely N-dealkylation sites (tertiary alicyclic amines) is 1. The molecule has 16 heavy (non-hydrogen) atoms. The summed E-state index contributed by atoms with van der Waals surface area (Å²) in [4.78, 5) is 14.0. The maximum atomic E-state index is 12.1. The van der Waals surface area contributed by atoms with Gasteiger partial charge in [0.25, 0.3) is 0 Å². The van der Waals surface area contributed by atoms with Crippen LogP contribution < -0.4 is 0 Å². The molecule has 4 heteroatoms. The summed E-state index contributed by atoms with van der Waals surface area (Å²) in [6.07, 6.45) is 3.65. The molecular weight excluding hydrogens is 204 g/mol. The average Bonchev–Trinajstić information content (AvgIpc) is 2.73. The maximum Gasteiger partial charge on any atom is 0.226 e. The van der Waals surface area contributed by atoms with Gasteiger partial charge in [0, 0.05) is 31.0 Å². The first-order valence-corrected chi connectivity index (χ1v) is 5.87. The van der Waals surface area contributed by atoms with Gasteiger partial charge < -0.3 is 9.42 Å². The van der Waals surface area contributed by atoms with Gasteiger partial charge in [-0.1, -0.05) is 12.1 Å². The minimum atomic E-state index is 0.139. The Hall–Kier alpha value is -1.32. The molecule has 1 aromatic rings. The number of hydrogen-bond donors (Lipinski definition) is 0. The number of nitrogens with zero attached hydrogens (tertiary/aromatic N) is 2. The molecule has 1 fully saturated rings. The van der Waals surface area contributed by atoms with Gasteiger partial charge in [-0.3, -0.25) is 4.79 Å². The molecule has 86 valence electrons. The van der Waals surface area contributed by atoms with Crippen molar-refractivity contribution in [2.75, 3.05) is 13.6 Å². The highest BCUT2D eigenvalue weighted by Crippen LogP contribution is 2.43. The van der Waals surface area contributed by atoms with E-state index < -0.39 is 0 Å². The molecule has 3 atom stereocenters. The predicted octanol–water partition coefficient (Wildman–Crippen LogP) is 1.43. The molecule has 2 heterocycles. The number of piperidine rings is 1. The lowest BCUT2D eigenvalue weighted by molar-refractivity contribution is -0.140. The van der Waals surface area contributed by atoms with Crippen molar-refractivity contribution in [2.24, 2.45) is 11.8 Å². The van der Waals surface area contributed by atoms with Crippen molar-refractivity contribution in [3.05, 3.63) is 17.5 Å². The second kappa shape index (κ2) is 3.34. The zero-order chi connectivity index (χ0) is 11.3. The molecule has 1 aliphatic carbocycles. The summed E-state index contributed by atoms with van der Waals surface area (Å²) in [7, 11) is 1.90. The van der Waals surface area contributed by atoms with Gasteiger partial charge in [-0.25, -0.2) is 0 Å². The van der Waals surface area contributed by atoms with E-state index in [2.05, 4.69) is 12.1 Å². The van der Waals surface area contributed by atoms with Crippen LogP contribution in [0, 0.1) is 11.8 Å². The van der Waals surface area contributed by atoms with Crippen LogP contribution in [0.1, 0.15) is 30.6 Å². The van der Waals surface area contributed by atoms with E-state index in [1.807, 2.05) is 11.9 Å². The lowest BCUT2D eigenvalue weighted by atomic mass is 9.69. The van der Waals surface area contributed by atoms with Crippen LogP contribution in [0.25, 0.3) is 0 Å². The smallest absolute Gasteiger partial charge is 0.226 e. The minimum absolute atomic E-state index is 0.139. The highest BCUT2D eigenvalue weighted by atomic mass is 16.5. The molecule has 3 unspecified atom stereocenters. The predicted molar refractivity (Wildman–Crippen MR) is 57.9 cm³/mol. The van der Waals surface area contributed by atoms with Crippen molar-refractivity contribution in [3.63, 3.8) is 0 Å². The molecule has 4 nitrogen and oxygen atoms in total. The summed E-state index contributed by atoms with van der Waals surface area (Å²) >= 11 is 0. The standard InChI is InChI=1S/C12H16N2O2/c1-7-9-3-4-14(2)12(15)10(9)5-8-6-13-16-11(7)8/h6-7,9-10H,3-5H2,1-2H3. The van der Waals surface area contributed by atoms with Gasteiger partial charge in [-0.05, 0) is 18.8 Å². The molecule has 0 radical (unpaired) electrons. The molecule has 0 bridgehead atoms. The number of fused-ring (bicyclic) bond motifs is 2. The highest BCUT2D eigenvalue weighted by Gasteiger charge is 2.43. The number of amides is 1. The van der Waals surface area contributed by atoms with Gasteiger partial charge in [-0.2, -0.15) is 0 Å². The van der Waals surface area contributed by atoms with Crippen molar-refractivity contribution in [3.8, 4) is 0 Å². The maximum absolute atomic E-state index is 12.1. The molecule has 1 aromatic heterocycles. The van der Waals surface area contributed by atoms with E-state index in [1.165, 1.54) is 0 Å². The monoisotopic (exact) mass is 220 g/mol. The average molecular weight is 220 g/mol. The van der Waals surface area contributed by atoms with Crippen LogP contribution in [-0.2, 0) is 11.2 Å². The zero-order valence-electron chi connectivity index (χ0n) is 9.64. The first kappa shape index (κ1) is 9.87. The van der Waals surface area contributed by atoms with E-state index >= 15 is 0 Å². The van der Waals surface area contributed by atoms with Crippen molar-refractivity contribution >= 4 is 5.91 Å². The molecule has 3 rings (SSSR count). The van der Waals surface area contributed by atoms with Crippen LogP contribution in [-0.4, -0.2) is 29.6 Å². The Morgan fingerprint density at radius 2 is 2.38 bits per heavy atom. The van der Waals surface area contributed by atoms with Crippen molar-refractivity contribution in [2.45, 2.75) is 25.7 Å². The first-order chi connectivity index (χ1) is 7.68. The Bertz CT molecular complexity index is 426. The fourth-order valence-corrected chi connectivity index (χ4v) is 3.19. The van der Waals surface area contributed by atoms with E-state index in [0.29, 0.717) is 11.8 Å². The number of aromatic nitrogens is 1. The Morgan fingerprint density at radius 1 is 1.56 bits per heavy atom. The molecule has 0 saturated carbocycles. The lowest BCUT2D eigenvalue weighted by Crippen LogP contribution is -2.47. The second-order valence-corrected chi connectivity index (χ2v) is 5.03. The van der Waals surface area contributed by atoms with E-state index in [0.717, 1.165) is 30.7 Å². The molecule has 1 aliphatic heterocycles. The zero-order valence-corrected chi connectivity index (χ0v) is 9.64. The van der Waals surface area contributed by atoms with Crippen LogP contribution in [0.4, 0.5) is 0 Å². The van der Waals surface area contributed by atoms with E-state index in [-0.39, 0.29) is 11.8 Å². The van der Waals surface area contributed by atoms with Gasteiger partial charge in [0.05, 0.1) is 6.20 Å². The quantitative estimate of drug-likeness (QED) is 0.664. The molecule has 2 aliphatic rings.